The summed E-state index contributed by atoms with van der Waals surface area (Å²) in [6, 6.07) is 3.92. The Morgan fingerprint density at radius 3 is 2.24 bits per heavy atom. The number of hydrogen-bond acceptors (Lipinski definition) is 6. The molecule has 9 nitrogen and oxygen atoms in total. The van der Waals surface area contributed by atoms with Gasteiger partial charge >= 0.3 is 11.7 Å². The van der Waals surface area contributed by atoms with Crippen molar-refractivity contribution in [2.45, 2.75) is 79.7 Å². The van der Waals surface area contributed by atoms with E-state index in [1.165, 1.54) is 0 Å². The Balaban J connectivity index is 0.000000820. The fourth-order valence-electron chi connectivity index (χ4n) is 3.18. The van der Waals surface area contributed by atoms with Gasteiger partial charge in [-0.25, -0.2) is 9.78 Å². The van der Waals surface area contributed by atoms with Crippen LogP contribution < -0.4 is 11.2 Å². The highest BCUT2D eigenvalue weighted by Gasteiger charge is 2.18. The third-order valence-corrected chi connectivity index (χ3v) is 4.97. The molecule has 0 saturated carbocycles. The molecule has 0 bridgehead atoms. The van der Waals surface area contributed by atoms with Crippen molar-refractivity contribution >= 4 is 17.0 Å². The van der Waals surface area contributed by atoms with E-state index >= 15 is 0 Å². The molecular formula is C24H36N4O5. The average Bonchev–Trinajstić information content (AvgIpc) is 2.78. The molecule has 0 saturated heterocycles. The smallest absolute Gasteiger partial charge is 0.349 e. The number of unbranched alkanes of at least 4 members (excludes halogenated alkanes) is 3. The van der Waals surface area contributed by atoms with Gasteiger partial charge in [-0.2, -0.15) is 4.98 Å². The van der Waals surface area contributed by atoms with Crippen molar-refractivity contribution in [1.29, 1.82) is 0 Å². The van der Waals surface area contributed by atoms with E-state index in [-0.39, 0.29) is 17.9 Å². The molecule has 2 aliphatic rings. The minimum atomic E-state index is -0.784. The number of carboxylic acids is 1. The number of fused-ring (bicyclic) bond motifs is 2. The number of aliphatic hydroxyl groups is 1. The van der Waals surface area contributed by atoms with Crippen LogP contribution in [0.1, 0.15) is 70.4 Å². The lowest BCUT2D eigenvalue weighted by molar-refractivity contribution is -0.137. The van der Waals surface area contributed by atoms with Gasteiger partial charge in [-0.1, -0.05) is 33.6 Å². The lowest BCUT2D eigenvalue weighted by Gasteiger charge is -2.17. The molecule has 0 unspecified atom stereocenters. The van der Waals surface area contributed by atoms with E-state index in [1.54, 1.807) is 0 Å². The van der Waals surface area contributed by atoms with Crippen molar-refractivity contribution in [3.63, 3.8) is 0 Å². The average molecular weight is 461 g/mol. The summed E-state index contributed by atoms with van der Waals surface area (Å²) < 4.78 is 1.87. The van der Waals surface area contributed by atoms with Gasteiger partial charge in [0.25, 0.3) is 5.56 Å². The third-order valence-electron chi connectivity index (χ3n) is 4.97. The van der Waals surface area contributed by atoms with Crippen LogP contribution >= 0.6 is 0 Å². The minimum Gasteiger partial charge on any atom is -0.481 e. The Morgan fingerprint density at radius 1 is 1.03 bits per heavy atom. The Kier molecular flexibility index (Phi) is 12.0. The molecule has 182 valence electrons. The van der Waals surface area contributed by atoms with E-state index in [9.17, 15) is 14.4 Å². The van der Waals surface area contributed by atoms with Crippen LogP contribution in [0.25, 0.3) is 22.6 Å². The van der Waals surface area contributed by atoms with Crippen LogP contribution in [-0.2, 0) is 11.3 Å². The van der Waals surface area contributed by atoms with Crippen LogP contribution in [0.15, 0.2) is 21.7 Å². The zero-order valence-corrected chi connectivity index (χ0v) is 20.3. The quantitative estimate of drug-likeness (QED) is 0.344. The molecule has 0 aromatic heterocycles. The second-order valence-corrected chi connectivity index (χ2v) is 7.51. The predicted molar refractivity (Wildman–Crippen MR) is 130 cm³/mol. The SMILES string of the molecule is CC.CCCO.Cc1cc2nc3c(=O)[nH]c(=O)nc-3n(CCCCCCC(=O)O)c2cc1C. The summed E-state index contributed by atoms with van der Waals surface area (Å²) in [6.45, 7) is 10.8. The fourth-order valence-corrected chi connectivity index (χ4v) is 3.18. The van der Waals surface area contributed by atoms with Gasteiger partial charge in [0, 0.05) is 19.6 Å². The number of aryl methyl sites for hydroxylation is 3. The number of hydrogen-bond donors (Lipinski definition) is 3. The number of carboxylic acid groups (broad SMARTS) is 1. The zero-order valence-electron chi connectivity index (χ0n) is 20.3. The predicted octanol–water partition coefficient (Wildman–Crippen LogP) is 3.65. The van der Waals surface area contributed by atoms with Crippen molar-refractivity contribution < 1.29 is 15.0 Å². The third kappa shape index (κ3) is 8.09. The summed E-state index contributed by atoms with van der Waals surface area (Å²) in [4.78, 5) is 45.1. The van der Waals surface area contributed by atoms with Crippen LogP contribution in [0, 0.1) is 13.8 Å². The highest BCUT2D eigenvalue weighted by molar-refractivity contribution is 5.81. The number of benzene rings is 1. The van der Waals surface area contributed by atoms with Crippen LogP contribution in [0.2, 0.25) is 0 Å². The minimum absolute atomic E-state index is 0.149. The summed E-state index contributed by atoms with van der Waals surface area (Å²) in [6.07, 6.45) is 4.13. The van der Waals surface area contributed by atoms with Gasteiger partial charge in [-0.05, 0) is 56.4 Å². The maximum absolute atomic E-state index is 12.2. The number of carbonyl (C=O) groups is 1. The fraction of sp³-hybridized carbons (Fsp3) is 0.542. The topological polar surface area (TPSA) is 138 Å². The van der Waals surface area contributed by atoms with Crippen molar-refractivity contribution in [2.24, 2.45) is 0 Å². The summed E-state index contributed by atoms with van der Waals surface area (Å²) in [7, 11) is 0. The molecule has 0 spiro atoms. The van der Waals surface area contributed by atoms with E-state index in [0.29, 0.717) is 25.1 Å². The summed E-state index contributed by atoms with van der Waals surface area (Å²) in [5.74, 6) is -0.502. The van der Waals surface area contributed by atoms with Gasteiger partial charge < -0.3 is 14.8 Å². The second kappa shape index (κ2) is 14.2. The maximum atomic E-state index is 12.2. The molecule has 33 heavy (non-hydrogen) atoms. The monoisotopic (exact) mass is 460 g/mol. The number of aliphatic carboxylic acids is 1. The number of aromatic amines is 1. The molecule has 3 rings (SSSR count). The van der Waals surface area contributed by atoms with Gasteiger partial charge in [-0.15, -0.1) is 0 Å². The molecule has 9 heteroatoms. The van der Waals surface area contributed by atoms with Gasteiger partial charge in [-0.3, -0.25) is 14.6 Å². The van der Waals surface area contributed by atoms with Crippen LogP contribution in [0.3, 0.4) is 0 Å². The molecule has 1 aromatic carbocycles. The lowest BCUT2D eigenvalue weighted by atomic mass is 10.1. The van der Waals surface area contributed by atoms with Crippen molar-refractivity contribution in [2.75, 3.05) is 6.61 Å². The van der Waals surface area contributed by atoms with Crippen LogP contribution in [-0.4, -0.2) is 42.3 Å². The molecule has 0 atom stereocenters. The molecule has 3 N–H and O–H groups in total. The largest absolute Gasteiger partial charge is 0.481 e. The Bertz CT molecular complexity index is 1120. The number of nitrogens with one attached hydrogen (secondary N) is 1. The highest BCUT2D eigenvalue weighted by atomic mass is 16.4. The molecule has 0 aliphatic carbocycles. The number of nitrogens with zero attached hydrogens (tertiary/aromatic N) is 3. The first-order valence-corrected chi connectivity index (χ1v) is 11.5. The first-order chi connectivity index (χ1) is 15.8. The summed E-state index contributed by atoms with van der Waals surface area (Å²) >= 11 is 0. The Morgan fingerprint density at radius 2 is 1.64 bits per heavy atom. The first-order valence-electron chi connectivity index (χ1n) is 11.5. The highest BCUT2D eigenvalue weighted by Crippen LogP contribution is 2.24. The van der Waals surface area contributed by atoms with Crippen LogP contribution in [0.5, 0.6) is 0 Å². The standard InChI is InChI=1S/C19H22N4O4.C3H8O.C2H6/c1-11-9-13-14(10-12(11)2)23(8-6-4-3-5-7-15(24)25)17-16(20-13)18(26)22-19(27)21-17;1-2-3-4;1-2/h9-10H,3-8H2,1-2H3,(H,24,25)(H,22,26,27);4H,2-3H2,1H3;1-2H3. The number of H-pyrrole nitrogens is 1. The van der Waals surface area contributed by atoms with Gasteiger partial charge in [0.1, 0.15) is 0 Å². The van der Waals surface area contributed by atoms with Gasteiger partial charge in [0.15, 0.2) is 11.5 Å². The molecule has 0 amide bonds. The number of aliphatic hydroxyl groups excluding tert-OH is 1. The summed E-state index contributed by atoms with van der Waals surface area (Å²) in [5, 5.41) is 16.6. The summed E-state index contributed by atoms with van der Waals surface area (Å²) in [5.41, 5.74) is 2.59. The second-order valence-electron chi connectivity index (χ2n) is 7.51. The van der Waals surface area contributed by atoms with E-state index in [2.05, 4.69) is 15.0 Å². The first kappa shape index (κ1) is 28.0. The van der Waals surface area contributed by atoms with Crippen molar-refractivity contribution in [3.8, 4) is 11.5 Å². The number of aromatic nitrogens is 4. The maximum Gasteiger partial charge on any atom is 0.349 e. The number of rotatable bonds is 8. The van der Waals surface area contributed by atoms with Crippen molar-refractivity contribution in [1.82, 2.24) is 19.5 Å². The van der Waals surface area contributed by atoms with Crippen molar-refractivity contribution in [3.05, 3.63) is 44.1 Å². The molecule has 1 aromatic rings. The Hall–Kier alpha value is -3.07. The molecule has 0 radical (unpaired) electrons. The molecule has 2 aliphatic heterocycles. The zero-order chi connectivity index (χ0) is 25.0. The van der Waals surface area contributed by atoms with E-state index in [0.717, 1.165) is 42.3 Å². The Labute approximate surface area is 193 Å². The van der Waals surface area contributed by atoms with Gasteiger partial charge in [0.2, 0.25) is 0 Å². The van der Waals surface area contributed by atoms with E-state index in [4.69, 9.17) is 10.2 Å². The molecule has 0 fully saturated rings. The molecular weight excluding hydrogens is 424 g/mol. The van der Waals surface area contributed by atoms with E-state index in [1.807, 2.05) is 51.3 Å². The molecule has 2 heterocycles. The van der Waals surface area contributed by atoms with Crippen LogP contribution in [0.4, 0.5) is 0 Å². The van der Waals surface area contributed by atoms with Gasteiger partial charge in [0.05, 0.1) is 11.0 Å². The normalized spacial score (nSPS) is 10.4. The lowest BCUT2D eigenvalue weighted by Crippen LogP contribution is -2.29. The van der Waals surface area contributed by atoms with E-state index < -0.39 is 17.2 Å².